The van der Waals surface area contributed by atoms with Crippen molar-refractivity contribution in [2.24, 2.45) is 0 Å². The lowest BCUT2D eigenvalue weighted by Crippen LogP contribution is -2.36. The van der Waals surface area contributed by atoms with Crippen molar-refractivity contribution in [1.29, 1.82) is 0 Å². The zero-order chi connectivity index (χ0) is 15.2. The van der Waals surface area contributed by atoms with E-state index in [-0.39, 0.29) is 24.5 Å². The monoisotopic (exact) mass is 279 g/mol. The Morgan fingerprint density at radius 3 is 2.30 bits per heavy atom. The van der Waals surface area contributed by atoms with Crippen LogP contribution in [0.1, 0.15) is 33.3 Å². The van der Waals surface area contributed by atoms with Gasteiger partial charge in [-0.1, -0.05) is 32.9 Å². The van der Waals surface area contributed by atoms with Crippen molar-refractivity contribution >= 4 is 5.91 Å². The average Bonchev–Trinajstić information content (AvgIpc) is 2.41. The summed E-state index contributed by atoms with van der Waals surface area (Å²) in [5.41, 5.74) is 1.33. The first-order valence-electron chi connectivity index (χ1n) is 7.00. The van der Waals surface area contributed by atoms with Gasteiger partial charge in [-0.3, -0.25) is 4.79 Å². The Balaban J connectivity index is 2.55. The molecule has 1 N–H and O–H groups in total. The van der Waals surface area contributed by atoms with Crippen LogP contribution in [-0.4, -0.2) is 42.2 Å². The van der Waals surface area contributed by atoms with Crippen LogP contribution in [0.3, 0.4) is 0 Å². The highest BCUT2D eigenvalue weighted by Crippen LogP contribution is 2.24. The predicted molar refractivity (Wildman–Crippen MR) is 80.0 cm³/mol. The summed E-state index contributed by atoms with van der Waals surface area (Å²) in [6.45, 7) is 9.24. The van der Waals surface area contributed by atoms with Gasteiger partial charge in [-0.2, -0.15) is 0 Å². The van der Waals surface area contributed by atoms with Gasteiger partial charge in [0.05, 0.1) is 6.61 Å². The lowest BCUT2D eigenvalue weighted by molar-refractivity contribution is -0.133. The van der Waals surface area contributed by atoms with Gasteiger partial charge in [0.2, 0.25) is 0 Å². The van der Waals surface area contributed by atoms with E-state index >= 15 is 0 Å². The van der Waals surface area contributed by atoms with Gasteiger partial charge in [-0.05, 0) is 30.0 Å². The maximum absolute atomic E-state index is 11.9. The van der Waals surface area contributed by atoms with Crippen molar-refractivity contribution in [3.8, 4) is 5.75 Å². The fraction of sp³-hybridized carbons (Fsp3) is 0.562. The zero-order valence-electron chi connectivity index (χ0n) is 12.8. The molecule has 0 spiro atoms. The first kappa shape index (κ1) is 16.5. The zero-order valence-corrected chi connectivity index (χ0v) is 12.8. The van der Waals surface area contributed by atoms with Crippen molar-refractivity contribution in [3.63, 3.8) is 0 Å². The van der Waals surface area contributed by atoms with E-state index < -0.39 is 0 Å². The van der Waals surface area contributed by atoms with E-state index in [4.69, 9.17) is 9.84 Å². The number of ether oxygens (including phenoxy) is 1. The molecule has 0 unspecified atom stereocenters. The Kier molecular flexibility index (Phi) is 6.02. The van der Waals surface area contributed by atoms with Crippen molar-refractivity contribution < 1.29 is 14.6 Å². The van der Waals surface area contributed by atoms with Gasteiger partial charge in [0.25, 0.3) is 5.91 Å². The molecule has 0 heterocycles. The van der Waals surface area contributed by atoms with E-state index in [0.717, 1.165) is 0 Å². The number of likely N-dealkylation sites (N-methyl/N-ethyl adjacent to an activating group) is 1. The third kappa shape index (κ3) is 4.85. The van der Waals surface area contributed by atoms with Gasteiger partial charge < -0.3 is 14.7 Å². The SMILES string of the molecule is CCN(CCO)C(=O)COc1ccc(C(C)(C)C)cc1. The van der Waals surface area contributed by atoms with Gasteiger partial charge in [-0.25, -0.2) is 0 Å². The molecule has 1 aromatic carbocycles. The second-order valence-corrected chi connectivity index (χ2v) is 5.76. The van der Waals surface area contributed by atoms with Crippen LogP contribution in [-0.2, 0) is 10.2 Å². The first-order valence-corrected chi connectivity index (χ1v) is 7.00. The molecule has 20 heavy (non-hydrogen) atoms. The van der Waals surface area contributed by atoms with Gasteiger partial charge in [0, 0.05) is 13.1 Å². The Labute approximate surface area is 121 Å². The van der Waals surface area contributed by atoms with E-state index in [2.05, 4.69) is 20.8 Å². The molecule has 0 aliphatic carbocycles. The van der Waals surface area contributed by atoms with Crippen LogP contribution in [0.25, 0.3) is 0 Å². The molecule has 0 aliphatic heterocycles. The highest BCUT2D eigenvalue weighted by Gasteiger charge is 2.14. The van der Waals surface area contributed by atoms with Crippen molar-refractivity contribution in [2.45, 2.75) is 33.1 Å². The van der Waals surface area contributed by atoms with Crippen LogP contribution in [0, 0.1) is 0 Å². The summed E-state index contributed by atoms with van der Waals surface area (Å²) < 4.78 is 5.49. The maximum atomic E-state index is 11.9. The number of aliphatic hydroxyl groups is 1. The number of benzene rings is 1. The molecule has 0 bridgehead atoms. The summed E-state index contributed by atoms with van der Waals surface area (Å²) in [4.78, 5) is 13.4. The molecule has 112 valence electrons. The minimum atomic E-state index is -0.110. The number of carbonyl (C=O) groups excluding carboxylic acids is 1. The number of nitrogens with zero attached hydrogens (tertiary/aromatic N) is 1. The summed E-state index contributed by atoms with van der Waals surface area (Å²) in [6, 6.07) is 7.81. The highest BCUT2D eigenvalue weighted by molar-refractivity contribution is 5.77. The number of amides is 1. The van der Waals surface area contributed by atoms with Crippen molar-refractivity contribution in [2.75, 3.05) is 26.3 Å². The second kappa shape index (κ2) is 7.29. The fourth-order valence-corrected chi connectivity index (χ4v) is 1.87. The molecular formula is C16H25NO3. The number of carbonyl (C=O) groups is 1. The first-order chi connectivity index (χ1) is 9.38. The van der Waals surface area contributed by atoms with Crippen LogP contribution in [0.4, 0.5) is 0 Å². The summed E-state index contributed by atoms with van der Waals surface area (Å²) in [5, 5.41) is 8.87. The molecule has 0 fully saturated rings. The van der Waals surface area contributed by atoms with Crippen LogP contribution in [0.15, 0.2) is 24.3 Å². The third-order valence-electron chi connectivity index (χ3n) is 3.19. The molecule has 0 radical (unpaired) electrons. The average molecular weight is 279 g/mol. The molecule has 1 aromatic rings. The van der Waals surface area contributed by atoms with Crippen molar-refractivity contribution in [1.82, 2.24) is 4.90 Å². The molecule has 0 atom stereocenters. The third-order valence-corrected chi connectivity index (χ3v) is 3.19. The largest absolute Gasteiger partial charge is 0.484 e. The molecule has 4 heteroatoms. The van der Waals surface area contributed by atoms with Crippen LogP contribution >= 0.6 is 0 Å². The Hall–Kier alpha value is -1.55. The summed E-state index contributed by atoms with van der Waals surface area (Å²) in [5.74, 6) is 0.577. The van der Waals surface area contributed by atoms with Crippen molar-refractivity contribution in [3.05, 3.63) is 29.8 Å². The minimum Gasteiger partial charge on any atom is -0.484 e. The summed E-state index contributed by atoms with van der Waals surface area (Å²) >= 11 is 0. The predicted octanol–water partition coefficient (Wildman–Crippen LogP) is 2.20. The van der Waals surface area contributed by atoms with Gasteiger partial charge in [0.1, 0.15) is 5.75 Å². The van der Waals surface area contributed by atoms with E-state index in [0.29, 0.717) is 18.8 Å². The smallest absolute Gasteiger partial charge is 0.260 e. The van der Waals surface area contributed by atoms with E-state index in [1.807, 2.05) is 31.2 Å². The van der Waals surface area contributed by atoms with E-state index in [1.54, 1.807) is 4.90 Å². The Morgan fingerprint density at radius 1 is 1.25 bits per heavy atom. The molecule has 0 saturated carbocycles. The van der Waals surface area contributed by atoms with Crippen LogP contribution in [0.5, 0.6) is 5.75 Å². The number of aliphatic hydroxyl groups excluding tert-OH is 1. The van der Waals surface area contributed by atoms with Gasteiger partial charge in [-0.15, -0.1) is 0 Å². The standard InChI is InChI=1S/C16H25NO3/c1-5-17(10-11-18)15(19)12-20-14-8-6-13(7-9-14)16(2,3)4/h6-9,18H,5,10-12H2,1-4H3. The van der Waals surface area contributed by atoms with E-state index in [9.17, 15) is 4.79 Å². The number of rotatable bonds is 6. The quantitative estimate of drug-likeness (QED) is 0.868. The lowest BCUT2D eigenvalue weighted by atomic mass is 9.87. The van der Waals surface area contributed by atoms with E-state index in [1.165, 1.54) is 5.56 Å². The van der Waals surface area contributed by atoms with Gasteiger partial charge in [0.15, 0.2) is 6.61 Å². The molecule has 0 aromatic heterocycles. The fourth-order valence-electron chi connectivity index (χ4n) is 1.87. The number of hydrogen-bond acceptors (Lipinski definition) is 3. The molecule has 0 aliphatic rings. The molecule has 1 amide bonds. The topological polar surface area (TPSA) is 49.8 Å². The highest BCUT2D eigenvalue weighted by atomic mass is 16.5. The summed E-state index contributed by atoms with van der Waals surface area (Å²) in [6.07, 6.45) is 0. The Bertz CT molecular complexity index is 420. The van der Waals surface area contributed by atoms with Crippen LogP contribution < -0.4 is 4.74 Å². The molecule has 4 nitrogen and oxygen atoms in total. The molecular weight excluding hydrogens is 254 g/mol. The molecule has 0 saturated heterocycles. The Morgan fingerprint density at radius 2 is 1.85 bits per heavy atom. The lowest BCUT2D eigenvalue weighted by Gasteiger charge is -2.21. The van der Waals surface area contributed by atoms with Crippen LogP contribution in [0.2, 0.25) is 0 Å². The normalized spacial score (nSPS) is 11.2. The molecule has 1 rings (SSSR count). The summed E-state index contributed by atoms with van der Waals surface area (Å²) in [7, 11) is 0. The number of hydrogen-bond donors (Lipinski definition) is 1. The van der Waals surface area contributed by atoms with Gasteiger partial charge >= 0.3 is 0 Å². The second-order valence-electron chi connectivity index (χ2n) is 5.76. The maximum Gasteiger partial charge on any atom is 0.260 e. The minimum absolute atomic E-state index is 0.00268.